The predicted octanol–water partition coefficient (Wildman–Crippen LogP) is 3.43. The van der Waals surface area contributed by atoms with Gasteiger partial charge in [-0.1, -0.05) is 19.9 Å². The van der Waals surface area contributed by atoms with Gasteiger partial charge in [0, 0.05) is 12.1 Å². The topological polar surface area (TPSA) is 50.8 Å². The van der Waals surface area contributed by atoms with Crippen molar-refractivity contribution in [1.82, 2.24) is 10.2 Å². The molecule has 5 heteroatoms. The lowest BCUT2D eigenvalue weighted by Crippen LogP contribution is -2.51. The molecule has 0 aliphatic carbocycles. The summed E-state index contributed by atoms with van der Waals surface area (Å²) in [6.45, 7) is 11.5. The number of rotatable bonds is 8. The fourth-order valence-electron chi connectivity index (χ4n) is 3.73. The number of nitrogens with one attached hydrogen (secondary N) is 1. The third kappa shape index (κ3) is 4.70. The van der Waals surface area contributed by atoms with E-state index in [1.165, 1.54) is 12.8 Å². The average Bonchev–Trinajstić information content (AvgIpc) is 3.15. The van der Waals surface area contributed by atoms with Crippen LogP contribution in [0.1, 0.15) is 52.0 Å². The maximum Gasteiger partial charge on any atom is 0.227 e. The van der Waals surface area contributed by atoms with E-state index in [9.17, 15) is 4.79 Å². The highest BCUT2D eigenvalue weighted by Crippen LogP contribution is 2.33. The second kappa shape index (κ2) is 8.76. The van der Waals surface area contributed by atoms with Gasteiger partial charge < -0.3 is 14.8 Å². The van der Waals surface area contributed by atoms with Crippen molar-refractivity contribution in [3.8, 4) is 11.5 Å². The van der Waals surface area contributed by atoms with Crippen LogP contribution in [-0.2, 0) is 4.79 Å². The van der Waals surface area contributed by atoms with E-state index in [4.69, 9.17) is 9.47 Å². The van der Waals surface area contributed by atoms with Gasteiger partial charge in [-0.3, -0.25) is 9.69 Å². The molecule has 5 nitrogen and oxygen atoms in total. The zero-order valence-corrected chi connectivity index (χ0v) is 17.1. The van der Waals surface area contributed by atoms with E-state index >= 15 is 0 Å². The summed E-state index contributed by atoms with van der Waals surface area (Å²) in [5, 5.41) is 3.19. The molecule has 1 saturated heterocycles. The van der Waals surface area contributed by atoms with Crippen LogP contribution in [0.4, 0.5) is 0 Å². The summed E-state index contributed by atoms with van der Waals surface area (Å²) in [5.41, 5.74) is 0.930. The van der Waals surface area contributed by atoms with E-state index in [1.54, 1.807) is 14.2 Å². The molecule has 0 radical (unpaired) electrons. The first-order valence-corrected chi connectivity index (χ1v) is 9.55. The van der Waals surface area contributed by atoms with E-state index in [-0.39, 0.29) is 23.3 Å². The fourth-order valence-corrected chi connectivity index (χ4v) is 3.73. The summed E-state index contributed by atoms with van der Waals surface area (Å²) >= 11 is 0. The number of amides is 1. The Kier molecular flexibility index (Phi) is 6.93. The standard InChI is InChI=1S/C21H34N2O3/c1-15(2)19(16-9-10-17(25-5)18(13-16)26-6)20(24)22-14-21(3,4)23-11-7-8-12-23/h9-10,13,15,19H,7-8,11-12,14H2,1-6H3,(H,22,24). The number of ether oxygens (including phenoxy) is 2. The highest BCUT2D eigenvalue weighted by Gasteiger charge is 2.31. The van der Waals surface area contributed by atoms with Gasteiger partial charge in [0.2, 0.25) is 5.91 Å². The molecule has 1 heterocycles. The normalized spacial score (nSPS) is 16.6. The van der Waals surface area contributed by atoms with Crippen LogP contribution in [0.3, 0.4) is 0 Å². The van der Waals surface area contributed by atoms with Crippen LogP contribution in [0.5, 0.6) is 11.5 Å². The van der Waals surface area contributed by atoms with Gasteiger partial charge in [0.1, 0.15) is 0 Å². The Labute approximate surface area is 158 Å². The van der Waals surface area contributed by atoms with Crippen molar-refractivity contribution in [2.24, 2.45) is 5.92 Å². The number of benzene rings is 1. The molecule has 1 aromatic carbocycles. The Bertz CT molecular complexity index is 607. The molecule has 1 aromatic rings. The number of hydrogen-bond acceptors (Lipinski definition) is 4. The summed E-state index contributed by atoms with van der Waals surface area (Å²) in [6, 6.07) is 5.73. The summed E-state index contributed by atoms with van der Waals surface area (Å²) in [7, 11) is 3.23. The zero-order valence-electron chi connectivity index (χ0n) is 17.1. The third-order valence-corrected chi connectivity index (χ3v) is 5.37. The quantitative estimate of drug-likeness (QED) is 0.770. The van der Waals surface area contributed by atoms with Gasteiger partial charge >= 0.3 is 0 Å². The van der Waals surface area contributed by atoms with Crippen molar-refractivity contribution in [2.45, 2.75) is 52.0 Å². The molecule has 0 saturated carbocycles. The van der Waals surface area contributed by atoms with Crippen LogP contribution in [0.15, 0.2) is 18.2 Å². The summed E-state index contributed by atoms with van der Waals surface area (Å²) in [6.07, 6.45) is 2.50. The molecule has 1 amide bonds. The van der Waals surface area contributed by atoms with Crippen molar-refractivity contribution >= 4 is 5.91 Å². The minimum absolute atomic E-state index is 0.0225. The molecule has 26 heavy (non-hydrogen) atoms. The summed E-state index contributed by atoms with van der Waals surface area (Å²) in [4.78, 5) is 15.5. The second-order valence-corrected chi connectivity index (χ2v) is 8.06. The minimum atomic E-state index is -0.218. The highest BCUT2D eigenvalue weighted by atomic mass is 16.5. The van der Waals surface area contributed by atoms with E-state index in [1.807, 2.05) is 18.2 Å². The summed E-state index contributed by atoms with van der Waals surface area (Å²) in [5.74, 6) is 1.36. The maximum atomic E-state index is 13.0. The molecule has 0 bridgehead atoms. The molecule has 2 rings (SSSR count). The molecule has 1 aliphatic rings. The van der Waals surface area contributed by atoms with Crippen LogP contribution in [0.2, 0.25) is 0 Å². The largest absolute Gasteiger partial charge is 0.493 e. The van der Waals surface area contributed by atoms with Gasteiger partial charge in [-0.05, 0) is 63.4 Å². The second-order valence-electron chi connectivity index (χ2n) is 8.06. The van der Waals surface area contributed by atoms with Crippen LogP contribution in [0, 0.1) is 5.92 Å². The van der Waals surface area contributed by atoms with E-state index in [2.05, 4.69) is 37.9 Å². The first-order valence-electron chi connectivity index (χ1n) is 9.55. The van der Waals surface area contributed by atoms with E-state index in [0.29, 0.717) is 18.0 Å². The highest BCUT2D eigenvalue weighted by molar-refractivity contribution is 5.84. The molecule has 1 atom stereocenters. The van der Waals surface area contributed by atoms with E-state index in [0.717, 1.165) is 18.7 Å². The molecular weight excluding hydrogens is 328 g/mol. The van der Waals surface area contributed by atoms with Crippen LogP contribution in [-0.4, -0.2) is 50.2 Å². The lowest BCUT2D eigenvalue weighted by Gasteiger charge is -2.36. The number of methoxy groups -OCH3 is 2. The predicted molar refractivity (Wildman–Crippen MR) is 105 cm³/mol. The lowest BCUT2D eigenvalue weighted by atomic mass is 9.87. The molecule has 1 unspecified atom stereocenters. The van der Waals surface area contributed by atoms with Gasteiger partial charge in [-0.2, -0.15) is 0 Å². The zero-order chi connectivity index (χ0) is 19.3. The van der Waals surface area contributed by atoms with Crippen molar-refractivity contribution < 1.29 is 14.3 Å². The molecule has 1 N–H and O–H groups in total. The molecule has 0 spiro atoms. The van der Waals surface area contributed by atoms with E-state index < -0.39 is 0 Å². The summed E-state index contributed by atoms with van der Waals surface area (Å²) < 4.78 is 10.7. The van der Waals surface area contributed by atoms with Crippen LogP contribution >= 0.6 is 0 Å². The SMILES string of the molecule is COc1ccc(C(C(=O)NCC(C)(C)N2CCCC2)C(C)C)cc1OC. The molecular formula is C21H34N2O3. The first-order chi connectivity index (χ1) is 12.3. The fraction of sp³-hybridized carbons (Fsp3) is 0.667. The Morgan fingerprint density at radius 1 is 1.15 bits per heavy atom. The van der Waals surface area contributed by atoms with Crippen molar-refractivity contribution in [3.63, 3.8) is 0 Å². The number of likely N-dealkylation sites (tertiary alicyclic amines) is 1. The van der Waals surface area contributed by atoms with Gasteiger partial charge in [-0.15, -0.1) is 0 Å². The molecule has 0 aromatic heterocycles. The monoisotopic (exact) mass is 362 g/mol. The van der Waals surface area contributed by atoms with Crippen molar-refractivity contribution in [2.75, 3.05) is 33.9 Å². The van der Waals surface area contributed by atoms with Gasteiger partial charge in [0.05, 0.1) is 20.1 Å². The smallest absolute Gasteiger partial charge is 0.227 e. The lowest BCUT2D eigenvalue weighted by molar-refractivity contribution is -0.124. The van der Waals surface area contributed by atoms with Crippen LogP contribution < -0.4 is 14.8 Å². The molecule has 1 fully saturated rings. The average molecular weight is 363 g/mol. The molecule has 1 aliphatic heterocycles. The Hall–Kier alpha value is -1.75. The van der Waals surface area contributed by atoms with Gasteiger partial charge in [0.15, 0.2) is 11.5 Å². The number of carbonyl (C=O) groups excluding carboxylic acids is 1. The maximum absolute atomic E-state index is 13.0. The van der Waals surface area contributed by atoms with Crippen LogP contribution in [0.25, 0.3) is 0 Å². The Morgan fingerprint density at radius 2 is 1.77 bits per heavy atom. The van der Waals surface area contributed by atoms with Gasteiger partial charge in [0.25, 0.3) is 0 Å². The molecule has 146 valence electrons. The minimum Gasteiger partial charge on any atom is -0.493 e. The number of hydrogen-bond donors (Lipinski definition) is 1. The van der Waals surface area contributed by atoms with Crippen molar-refractivity contribution in [3.05, 3.63) is 23.8 Å². The number of nitrogens with zero attached hydrogens (tertiary/aromatic N) is 1. The van der Waals surface area contributed by atoms with Crippen molar-refractivity contribution in [1.29, 1.82) is 0 Å². The Morgan fingerprint density at radius 3 is 2.31 bits per heavy atom. The first kappa shape index (κ1) is 20.6. The van der Waals surface area contributed by atoms with Gasteiger partial charge in [-0.25, -0.2) is 0 Å². The Balaban J connectivity index is 2.12. The third-order valence-electron chi connectivity index (χ3n) is 5.37. The number of carbonyl (C=O) groups is 1.